The van der Waals surface area contributed by atoms with Crippen LogP contribution in [0.25, 0.3) is 6.08 Å². The van der Waals surface area contributed by atoms with Crippen molar-refractivity contribution >= 4 is 64.2 Å². The van der Waals surface area contributed by atoms with Crippen LogP contribution in [0, 0.1) is 34.1 Å². The van der Waals surface area contributed by atoms with E-state index in [9.17, 15) is 29.8 Å². The lowest BCUT2D eigenvalue weighted by Gasteiger charge is -2.22. The number of amides is 2. The van der Waals surface area contributed by atoms with Crippen LogP contribution in [0.2, 0.25) is 5.15 Å². The van der Waals surface area contributed by atoms with Crippen molar-refractivity contribution in [1.82, 2.24) is 19.9 Å². The highest BCUT2D eigenvalue weighted by Gasteiger charge is 2.31. The second kappa shape index (κ2) is 17.8. The zero-order chi connectivity index (χ0) is 37.8. The van der Waals surface area contributed by atoms with Crippen LogP contribution in [0.4, 0.5) is 44.0 Å². The molecule has 0 aliphatic carbocycles. The first kappa shape index (κ1) is 39.0. The Morgan fingerprint density at radius 1 is 0.824 bits per heavy atom. The predicted molar refractivity (Wildman–Crippen MR) is 190 cm³/mol. The van der Waals surface area contributed by atoms with Gasteiger partial charge in [0.1, 0.15) is 16.5 Å². The van der Waals surface area contributed by atoms with E-state index in [1.807, 2.05) is 13.8 Å². The summed E-state index contributed by atoms with van der Waals surface area (Å²) in [5.74, 6) is -0.692. The number of nitrogens with zero attached hydrogens (tertiary/aromatic N) is 8. The number of pyridine rings is 4. The van der Waals surface area contributed by atoms with E-state index in [1.54, 1.807) is 50.5 Å². The molecule has 4 N–H and O–H groups in total. The Morgan fingerprint density at radius 2 is 1.25 bits per heavy atom. The predicted octanol–water partition coefficient (Wildman–Crippen LogP) is 6.17. The molecule has 51 heavy (non-hydrogen) atoms. The van der Waals surface area contributed by atoms with E-state index in [2.05, 4.69) is 26.5 Å². The number of aromatic nitrogens is 4. The van der Waals surface area contributed by atoms with Crippen molar-refractivity contribution in [3.8, 4) is 0 Å². The van der Waals surface area contributed by atoms with E-state index < -0.39 is 33.4 Å². The molecule has 0 radical (unpaired) electrons. The van der Waals surface area contributed by atoms with Gasteiger partial charge < -0.3 is 20.9 Å². The van der Waals surface area contributed by atoms with Crippen LogP contribution in [-0.2, 0) is 22.6 Å². The van der Waals surface area contributed by atoms with Crippen LogP contribution in [0.3, 0.4) is 0 Å². The van der Waals surface area contributed by atoms with Gasteiger partial charge in [0, 0.05) is 29.8 Å². The molecule has 0 aliphatic heterocycles. The zero-order valence-electron chi connectivity index (χ0n) is 28.1. The molecule has 0 spiro atoms. The van der Waals surface area contributed by atoms with Gasteiger partial charge in [-0.3, -0.25) is 40.0 Å². The van der Waals surface area contributed by atoms with Gasteiger partial charge in [0.15, 0.2) is 0 Å². The van der Waals surface area contributed by atoms with Gasteiger partial charge in [0.2, 0.25) is 11.6 Å². The SMILES string of the molecule is C=Cc1cc(N(Cc2ccc(C)nc2)C(=O)OCC)c([N+](=O)[O-])c(N)n1.CCOC(=O)N(Cc1ccc(C)nc1)c1cc(Cl)nc(N)c1[N+](=O)[O-]. The third-order valence-electron chi connectivity index (χ3n) is 6.75. The van der Waals surface area contributed by atoms with Crippen LogP contribution in [0.5, 0.6) is 0 Å². The lowest BCUT2D eigenvalue weighted by molar-refractivity contribution is -0.383. The molecule has 4 aromatic heterocycles. The Bertz CT molecular complexity index is 1910. The molecule has 0 unspecified atom stereocenters. The third kappa shape index (κ3) is 10.3. The topological polar surface area (TPSA) is 249 Å². The number of nitrogen functional groups attached to an aromatic ring is 2. The monoisotopic (exact) mass is 722 g/mol. The van der Waals surface area contributed by atoms with Gasteiger partial charge in [0.05, 0.1) is 41.8 Å². The first-order valence-corrected chi connectivity index (χ1v) is 15.5. The molecule has 0 saturated carbocycles. The van der Waals surface area contributed by atoms with Gasteiger partial charge in [-0.1, -0.05) is 30.3 Å². The maximum atomic E-state index is 12.5. The summed E-state index contributed by atoms with van der Waals surface area (Å²) in [6, 6.07) is 9.66. The number of nitrogens with two attached hydrogens (primary N) is 2. The average Bonchev–Trinajstić information content (AvgIpc) is 3.07. The molecule has 268 valence electrons. The molecule has 4 heterocycles. The molecule has 0 saturated heterocycles. The maximum Gasteiger partial charge on any atom is 0.414 e. The number of halogens is 1. The van der Waals surface area contributed by atoms with Crippen molar-refractivity contribution in [1.29, 1.82) is 0 Å². The van der Waals surface area contributed by atoms with Crippen molar-refractivity contribution in [2.45, 2.75) is 40.8 Å². The number of aryl methyl sites for hydroxylation is 2. The average molecular weight is 723 g/mol. The molecule has 4 aromatic rings. The Morgan fingerprint density at radius 3 is 1.63 bits per heavy atom. The number of nitro groups is 2. The number of hydrogen-bond acceptors (Lipinski definition) is 14. The molecule has 0 fully saturated rings. The highest BCUT2D eigenvalue weighted by atomic mass is 35.5. The smallest absolute Gasteiger partial charge is 0.414 e. The first-order chi connectivity index (χ1) is 24.2. The number of hydrogen-bond donors (Lipinski definition) is 2. The van der Waals surface area contributed by atoms with Gasteiger partial charge in [0.25, 0.3) is 0 Å². The van der Waals surface area contributed by atoms with Gasteiger partial charge in [-0.25, -0.2) is 19.6 Å². The quantitative estimate of drug-likeness (QED) is 0.0997. The molecule has 4 rings (SSSR count). The number of rotatable bonds is 11. The third-order valence-corrected chi connectivity index (χ3v) is 6.94. The molecular formula is C32H35ClN10O8. The summed E-state index contributed by atoms with van der Waals surface area (Å²) in [6.07, 6.45) is 3.04. The molecule has 0 aliphatic rings. The minimum Gasteiger partial charge on any atom is -0.449 e. The van der Waals surface area contributed by atoms with E-state index in [-0.39, 0.29) is 54.5 Å². The van der Waals surface area contributed by atoms with Crippen molar-refractivity contribution in [3.63, 3.8) is 0 Å². The Kier molecular flexibility index (Phi) is 13.6. The summed E-state index contributed by atoms with van der Waals surface area (Å²) < 4.78 is 10.1. The summed E-state index contributed by atoms with van der Waals surface area (Å²) in [5.41, 5.74) is 13.5. The fourth-order valence-corrected chi connectivity index (χ4v) is 4.61. The van der Waals surface area contributed by atoms with Gasteiger partial charge >= 0.3 is 23.6 Å². The van der Waals surface area contributed by atoms with Crippen LogP contribution >= 0.6 is 11.6 Å². The summed E-state index contributed by atoms with van der Waals surface area (Å²) in [5, 5.41) is 22.8. The van der Waals surface area contributed by atoms with Gasteiger partial charge in [-0.15, -0.1) is 0 Å². The molecule has 0 aromatic carbocycles. The molecule has 19 heteroatoms. The highest BCUT2D eigenvalue weighted by Crippen LogP contribution is 2.37. The fourth-order valence-electron chi connectivity index (χ4n) is 4.41. The van der Waals surface area contributed by atoms with Crippen LogP contribution in [0.1, 0.15) is 42.1 Å². The summed E-state index contributed by atoms with van der Waals surface area (Å²) >= 11 is 5.87. The molecular weight excluding hydrogens is 688 g/mol. The minimum atomic E-state index is -0.771. The Labute approximate surface area is 297 Å². The Balaban J connectivity index is 0.000000276. The molecule has 2 amide bonds. The lowest BCUT2D eigenvalue weighted by Crippen LogP contribution is -2.32. The molecule has 0 bridgehead atoms. The number of ether oxygens (including phenoxy) is 2. The summed E-state index contributed by atoms with van der Waals surface area (Å²) in [6.45, 7) is 10.7. The van der Waals surface area contributed by atoms with E-state index in [0.717, 1.165) is 21.2 Å². The largest absolute Gasteiger partial charge is 0.449 e. The van der Waals surface area contributed by atoms with Gasteiger partial charge in [-0.2, -0.15) is 0 Å². The van der Waals surface area contributed by atoms with E-state index >= 15 is 0 Å². The van der Waals surface area contributed by atoms with Gasteiger partial charge in [-0.05, 0) is 63.1 Å². The van der Waals surface area contributed by atoms with Crippen molar-refractivity contribution in [2.75, 3.05) is 34.5 Å². The summed E-state index contributed by atoms with van der Waals surface area (Å²) in [4.78, 5) is 64.5. The number of carbonyl (C=O) groups is 2. The molecule has 0 atom stereocenters. The van der Waals surface area contributed by atoms with Crippen molar-refractivity contribution < 1.29 is 28.9 Å². The van der Waals surface area contributed by atoms with E-state index in [1.165, 1.54) is 18.2 Å². The standard InChI is InChI=1S/C17H19N5O4.C15H16ClN5O4/c1-4-13-8-14(15(22(24)25)16(18)20-13)21(17(23)26-5-2)10-12-7-6-11(3)19-9-12;1-3-25-15(22)20(8-10-5-4-9(2)18-7-10)11-6-12(16)19-14(17)13(11)21(23)24/h4,6-9H,1,5,10H2,2-3H3,(H2,18,20);4-7H,3,8H2,1-2H3,(H2,17,19). The fraction of sp³-hybridized carbons (Fsp3) is 0.250. The zero-order valence-corrected chi connectivity index (χ0v) is 28.9. The van der Waals surface area contributed by atoms with Crippen LogP contribution in [-0.4, -0.2) is 55.2 Å². The highest BCUT2D eigenvalue weighted by molar-refractivity contribution is 6.30. The number of anilines is 4. The second-order valence-corrected chi connectivity index (χ2v) is 10.8. The van der Waals surface area contributed by atoms with Crippen LogP contribution in [0.15, 0.2) is 55.4 Å². The molecule has 18 nitrogen and oxygen atoms in total. The van der Waals surface area contributed by atoms with Crippen LogP contribution < -0.4 is 21.3 Å². The van der Waals surface area contributed by atoms with Crippen molar-refractivity contribution in [3.05, 3.63) is 109 Å². The number of carbonyl (C=O) groups excluding carboxylic acids is 2. The summed E-state index contributed by atoms with van der Waals surface area (Å²) in [7, 11) is 0. The first-order valence-electron chi connectivity index (χ1n) is 15.1. The lowest BCUT2D eigenvalue weighted by atomic mass is 10.2. The minimum absolute atomic E-state index is 0.00721. The normalized spacial score (nSPS) is 10.3. The van der Waals surface area contributed by atoms with E-state index in [4.69, 9.17) is 32.5 Å². The Hall–Kier alpha value is -6.43. The van der Waals surface area contributed by atoms with E-state index in [0.29, 0.717) is 16.8 Å². The van der Waals surface area contributed by atoms with Crippen molar-refractivity contribution in [2.24, 2.45) is 0 Å². The maximum absolute atomic E-state index is 12.5. The second-order valence-electron chi connectivity index (χ2n) is 10.4.